The number of benzene rings is 2. The normalized spacial score (nSPS) is 10.6. The highest BCUT2D eigenvalue weighted by molar-refractivity contribution is 7.16. The van der Waals surface area contributed by atoms with Gasteiger partial charge in [0.2, 0.25) is 0 Å². The van der Waals surface area contributed by atoms with Crippen molar-refractivity contribution in [2.45, 2.75) is 0 Å². The van der Waals surface area contributed by atoms with Crippen molar-refractivity contribution in [1.29, 1.82) is 0 Å². The predicted molar refractivity (Wildman–Crippen MR) is 78.0 cm³/mol. The van der Waals surface area contributed by atoms with E-state index < -0.39 is 4.92 Å². The van der Waals surface area contributed by atoms with Crippen molar-refractivity contribution in [3.05, 3.63) is 68.2 Å². The Morgan fingerprint density at radius 1 is 1.05 bits per heavy atom. The number of nitro groups is 1. The zero-order valence-corrected chi connectivity index (χ0v) is 11.0. The van der Waals surface area contributed by atoms with Gasteiger partial charge in [-0.3, -0.25) is 14.9 Å². The topological polar surface area (TPSA) is 73.1 Å². The number of aromatic nitrogens is 1. The number of non-ortho nitro benzene ring substituents is 1. The van der Waals surface area contributed by atoms with E-state index in [1.165, 1.54) is 12.1 Å². The maximum absolute atomic E-state index is 12.1. The molecule has 0 aliphatic carbocycles. The highest BCUT2D eigenvalue weighted by Crippen LogP contribution is 2.22. The summed E-state index contributed by atoms with van der Waals surface area (Å²) in [6.45, 7) is 0. The molecule has 3 aromatic rings. The van der Waals surface area contributed by atoms with Crippen LogP contribution >= 0.6 is 11.3 Å². The second-order valence-electron chi connectivity index (χ2n) is 4.12. The van der Waals surface area contributed by atoms with Crippen LogP contribution in [0.3, 0.4) is 0 Å². The van der Waals surface area contributed by atoms with Crippen molar-refractivity contribution in [3.63, 3.8) is 0 Å². The molecule has 0 bridgehead atoms. The maximum Gasteiger partial charge on any atom is 0.269 e. The van der Waals surface area contributed by atoms with Gasteiger partial charge in [-0.2, -0.15) is 0 Å². The molecule has 6 heteroatoms. The second kappa shape index (κ2) is 4.82. The minimum atomic E-state index is -0.474. The number of rotatable bonds is 2. The molecule has 0 unspecified atom stereocenters. The number of fused-ring (bicyclic) bond motifs is 1. The van der Waals surface area contributed by atoms with Crippen LogP contribution in [0.1, 0.15) is 0 Å². The summed E-state index contributed by atoms with van der Waals surface area (Å²) in [4.78, 5) is 26.6. The summed E-state index contributed by atoms with van der Waals surface area (Å²) in [6.07, 6.45) is 0. The van der Waals surface area contributed by atoms with Crippen LogP contribution in [0.4, 0.5) is 5.69 Å². The summed E-state index contributed by atoms with van der Waals surface area (Å²) in [5, 5.41) is 10.6. The van der Waals surface area contributed by atoms with Crippen molar-refractivity contribution in [2.75, 3.05) is 0 Å². The first-order valence-electron chi connectivity index (χ1n) is 5.80. The van der Waals surface area contributed by atoms with E-state index in [1.54, 1.807) is 12.1 Å². The Labute approximate surface area is 117 Å². The summed E-state index contributed by atoms with van der Waals surface area (Å²) in [7, 11) is 0. The van der Waals surface area contributed by atoms with Crippen LogP contribution in [0.25, 0.3) is 21.5 Å². The van der Waals surface area contributed by atoms with Gasteiger partial charge < -0.3 is 0 Å². The predicted octanol–water partition coefficient (Wildman–Crippen LogP) is 3.23. The summed E-state index contributed by atoms with van der Waals surface area (Å²) in [6, 6.07) is 13.2. The Hall–Kier alpha value is -2.60. The maximum atomic E-state index is 12.1. The lowest BCUT2D eigenvalue weighted by atomic mass is 10.1. The molecular formula is C14H8N2O3S. The van der Waals surface area contributed by atoms with E-state index >= 15 is 0 Å². The first-order chi connectivity index (χ1) is 9.65. The molecule has 0 aliphatic rings. The summed E-state index contributed by atoms with van der Waals surface area (Å²) >= 11 is 1.12. The van der Waals surface area contributed by atoms with E-state index in [9.17, 15) is 14.9 Å². The Kier molecular flexibility index (Phi) is 3.00. The van der Waals surface area contributed by atoms with Crippen molar-refractivity contribution in [1.82, 2.24) is 4.98 Å². The van der Waals surface area contributed by atoms with E-state index in [1.807, 2.05) is 24.3 Å². The number of hydrogen-bond acceptors (Lipinski definition) is 5. The van der Waals surface area contributed by atoms with Gasteiger partial charge in [0.25, 0.3) is 10.4 Å². The molecule has 0 amide bonds. The molecule has 0 aliphatic heterocycles. The fourth-order valence-electron chi connectivity index (χ4n) is 1.87. The lowest BCUT2D eigenvalue weighted by molar-refractivity contribution is -0.384. The summed E-state index contributed by atoms with van der Waals surface area (Å²) in [5.74, 6) is 0. The fourth-order valence-corrected chi connectivity index (χ4v) is 2.70. The molecule has 1 aromatic heterocycles. The zero-order valence-electron chi connectivity index (χ0n) is 10.1. The van der Waals surface area contributed by atoms with Crippen molar-refractivity contribution < 1.29 is 4.92 Å². The number of hydrogen-bond donors (Lipinski definition) is 0. The van der Waals surface area contributed by atoms with Crippen molar-refractivity contribution >= 4 is 27.2 Å². The van der Waals surface area contributed by atoms with Crippen LogP contribution < -0.4 is 4.74 Å². The molecule has 2 aromatic carbocycles. The summed E-state index contributed by atoms with van der Waals surface area (Å²) in [5.41, 5.74) is 1.64. The van der Waals surface area contributed by atoms with Gasteiger partial charge >= 0.3 is 0 Å². The van der Waals surface area contributed by atoms with Crippen LogP contribution in [-0.2, 0) is 0 Å². The first kappa shape index (κ1) is 12.4. The number of para-hydroxylation sites is 1. The quantitative estimate of drug-likeness (QED) is 0.535. The zero-order chi connectivity index (χ0) is 14.1. The Balaban J connectivity index is 2.16. The van der Waals surface area contributed by atoms with Gasteiger partial charge in [-0.05, 0) is 24.3 Å². The average Bonchev–Trinajstić information content (AvgIpc) is 2.46. The monoisotopic (exact) mass is 284 g/mol. The molecule has 3 rings (SSSR count). The fraction of sp³-hybridized carbons (Fsp3) is 0. The highest BCUT2D eigenvalue weighted by Gasteiger charge is 2.10. The molecule has 0 N–H and O–H groups in total. The van der Waals surface area contributed by atoms with Gasteiger partial charge in [0.05, 0.1) is 15.1 Å². The molecule has 0 spiro atoms. The van der Waals surface area contributed by atoms with Gasteiger partial charge in [0.1, 0.15) is 5.69 Å². The van der Waals surface area contributed by atoms with Crippen LogP contribution in [0.15, 0.2) is 53.3 Å². The van der Waals surface area contributed by atoms with Crippen LogP contribution in [0, 0.1) is 10.1 Å². The molecule has 0 fully saturated rings. The van der Waals surface area contributed by atoms with Gasteiger partial charge in [0, 0.05) is 17.7 Å². The molecular weight excluding hydrogens is 276 g/mol. The third-order valence-corrected chi connectivity index (χ3v) is 3.79. The van der Waals surface area contributed by atoms with Gasteiger partial charge in [-0.25, -0.2) is 4.98 Å². The molecule has 20 heavy (non-hydrogen) atoms. The summed E-state index contributed by atoms with van der Waals surface area (Å²) < 4.78 is 0.667. The molecule has 1 heterocycles. The number of nitrogens with zero attached hydrogens (tertiary/aromatic N) is 2. The largest absolute Gasteiger partial charge is 0.275 e. The van der Waals surface area contributed by atoms with E-state index in [0.29, 0.717) is 11.3 Å². The standard InChI is InChI=1S/C14H8N2O3S/c17-14-13(9-5-7-10(8-6-9)16(18)19)15-11-3-1-2-4-12(11)20-14/h1-8H. The minimum Gasteiger partial charge on any atom is -0.275 e. The van der Waals surface area contributed by atoms with Crippen LogP contribution in [0.5, 0.6) is 0 Å². The average molecular weight is 284 g/mol. The molecule has 98 valence electrons. The van der Waals surface area contributed by atoms with Gasteiger partial charge in [-0.1, -0.05) is 23.5 Å². The molecule has 0 atom stereocenters. The molecule has 0 saturated carbocycles. The Bertz CT molecular complexity index is 856. The molecule has 0 saturated heterocycles. The Morgan fingerprint density at radius 3 is 2.45 bits per heavy atom. The molecule has 0 radical (unpaired) electrons. The first-order valence-corrected chi connectivity index (χ1v) is 6.61. The number of nitro benzene ring substituents is 1. The van der Waals surface area contributed by atoms with E-state index in [0.717, 1.165) is 21.6 Å². The van der Waals surface area contributed by atoms with Crippen molar-refractivity contribution in [2.24, 2.45) is 0 Å². The third-order valence-electron chi connectivity index (χ3n) is 2.85. The van der Waals surface area contributed by atoms with Crippen LogP contribution in [-0.4, -0.2) is 9.91 Å². The third kappa shape index (κ3) is 2.17. The van der Waals surface area contributed by atoms with Crippen LogP contribution in [0.2, 0.25) is 0 Å². The second-order valence-corrected chi connectivity index (χ2v) is 5.14. The van der Waals surface area contributed by atoms with E-state index in [2.05, 4.69) is 4.98 Å². The van der Waals surface area contributed by atoms with E-state index in [4.69, 9.17) is 0 Å². The van der Waals surface area contributed by atoms with Gasteiger partial charge in [0.15, 0.2) is 0 Å². The minimum absolute atomic E-state index is 0.00865. The SMILES string of the molecule is O=c1sc2ccccc2nc1-c1ccc([N+](=O)[O-])cc1. The highest BCUT2D eigenvalue weighted by atomic mass is 32.1. The van der Waals surface area contributed by atoms with E-state index in [-0.39, 0.29) is 10.4 Å². The lowest BCUT2D eigenvalue weighted by Crippen LogP contribution is -2.02. The molecule has 5 nitrogen and oxygen atoms in total. The van der Waals surface area contributed by atoms with Crippen molar-refractivity contribution in [3.8, 4) is 11.3 Å². The Morgan fingerprint density at radius 2 is 1.75 bits per heavy atom. The van der Waals surface area contributed by atoms with Gasteiger partial charge in [-0.15, -0.1) is 0 Å². The lowest BCUT2D eigenvalue weighted by Gasteiger charge is -2.01. The smallest absolute Gasteiger partial charge is 0.269 e.